The lowest BCUT2D eigenvalue weighted by Crippen LogP contribution is -2.09. The van der Waals surface area contributed by atoms with Gasteiger partial charge in [-0.05, 0) is 35.9 Å². The number of benzene rings is 2. The summed E-state index contributed by atoms with van der Waals surface area (Å²) in [5.41, 5.74) is 4.17. The second-order valence-corrected chi connectivity index (χ2v) is 6.40. The molecule has 27 heavy (non-hydrogen) atoms. The molecule has 0 spiro atoms. The SMILES string of the molecule is CN(C)c1nc2ccc(NCc3ccc(OCc4ncco4)cc3)cc2[nH]1. The zero-order valence-electron chi connectivity index (χ0n) is 15.3. The maximum atomic E-state index is 5.65. The Morgan fingerprint density at radius 1 is 1.15 bits per heavy atom. The summed E-state index contributed by atoms with van der Waals surface area (Å²) in [6.07, 6.45) is 3.14. The third kappa shape index (κ3) is 4.03. The largest absolute Gasteiger partial charge is 0.484 e. The number of ether oxygens (including phenoxy) is 1. The summed E-state index contributed by atoms with van der Waals surface area (Å²) in [7, 11) is 3.94. The zero-order chi connectivity index (χ0) is 18.6. The minimum absolute atomic E-state index is 0.323. The Labute approximate surface area is 157 Å². The maximum Gasteiger partial charge on any atom is 0.232 e. The number of oxazole rings is 1. The molecular formula is C20H21N5O2. The predicted octanol–water partition coefficient (Wildman–Crippen LogP) is 3.81. The molecule has 0 saturated heterocycles. The van der Waals surface area contributed by atoms with Gasteiger partial charge < -0.3 is 24.4 Å². The Hall–Kier alpha value is -3.48. The van der Waals surface area contributed by atoms with E-state index in [1.807, 2.05) is 55.4 Å². The van der Waals surface area contributed by atoms with E-state index in [0.29, 0.717) is 12.5 Å². The van der Waals surface area contributed by atoms with E-state index in [1.165, 1.54) is 6.26 Å². The number of rotatable bonds is 7. The number of aromatic amines is 1. The molecule has 0 amide bonds. The minimum Gasteiger partial charge on any atom is -0.484 e. The molecule has 0 aliphatic heterocycles. The molecule has 0 unspecified atom stereocenters. The van der Waals surface area contributed by atoms with E-state index in [4.69, 9.17) is 9.15 Å². The summed E-state index contributed by atoms with van der Waals surface area (Å²) < 4.78 is 10.8. The second kappa shape index (κ2) is 7.41. The lowest BCUT2D eigenvalue weighted by Gasteiger charge is -2.08. The lowest BCUT2D eigenvalue weighted by atomic mass is 10.2. The lowest BCUT2D eigenvalue weighted by molar-refractivity contribution is 0.263. The van der Waals surface area contributed by atoms with Crippen molar-refractivity contribution in [2.24, 2.45) is 0 Å². The molecule has 0 bridgehead atoms. The Morgan fingerprint density at radius 3 is 2.74 bits per heavy atom. The molecule has 4 rings (SSSR count). The van der Waals surface area contributed by atoms with Crippen molar-refractivity contribution in [2.75, 3.05) is 24.3 Å². The first kappa shape index (κ1) is 17.0. The van der Waals surface area contributed by atoms with Gasteiger partial charge >= 0.3 is 0 Å². The molecule has 2 aromatic heterocycles. The fourth-order valence-electron chi connectivity index (χ4n) is 2.69. The van der Waals surface area contributed by atoms with Crippen LogP contribution in [0.5, 0.6) is 5.75 Å². The van der Waals surface area contributed by atoms with Crippen LogP contribution in [-0.4, -0.2) is 29.0 Å². The molecule has 2 aromatic carbocycles. The predicted molar refractivity (Wildman–Crippen MR) is 105 cm³/mol. The fourth-order valence-corrected chi connectivity index (χ4v) is 2.69. The maximum absolute atomic E-state index is 5.65. The van der Waals surface area contributed by atoms with Crippen molar-refractivity contribution < 1.29 is 9.15 Å². The first-order chi connectivity index (χ1) is 13.2. The fraction of sp³-hybridized carbons (Fsp3) is 0.200. The van der Waals surface area contributed by atoms with Crippen LogP contribution in [0.4, 0.5) is 11.6 Å². The van der Waals surface area contributed by atoms with E-state index in [2.05, 4.69) is 26.3 Å². The van der Waals surface area contributed by atoms with Crippen molar-refractivity contribution in [3.63, 3.8) is 0 Å². The molecule has 0 aliphatic carbocycles. The van der Waals surface area contributed by atoms with Crippen molar-refractivity contribution in [3.05, 3.63) is 66.4 Å². The average Bonchev–Trinajstić information content (AvgIpc) is 3.34. The van der Waals surface area contributed by atoms with Gasteiger partial charge in [-0.1, -0.05) is 12.1 Å². The number of hydrogen-bond donors (Lipinski definition) is 2. The van der Waals surface area contributed by atoms with Gasteiger partial charge in [0.1, 0.15) is 12.0 Å². The van der Waals surface area contributed by atoms with Gasteiger partial charge in [0.25, 0.3) is 0 Å². The normalized spacial score (nSPS) is 10.9. The summed E-state index contributed by atoms with van der Waals surface area (Å²) >= 11 is 0. The summed E-state index contributed by atoms with van der Waals surface area (Å²) in [5.74, 6) is 2.20. The van der Waals surface area contributed by atoms with Gasteiger partial charge in [-0.2, -0.15) is 0 Å². The molecule has 0 fully saturated rings. The van der Waals surface area contributed by atoms with Crippen LogP contribution in [0.25, 0.3) is 11.0 Å². The topological polar surface area (TPSA) is 79.2 Å². The first-order valence-corrected chi connectivity index (χ1v) is 8.68. The molecule has 138 valence electrons. The molecule has 0 atom stereocenters. The zero-order valence-corrected chi connectivity index (χ0v) is 15.3. The van der Waals surface area contributed by atoms with Crippen molar-refractivity contribution in [2.45, 2.75) is 13.2 Å². The summed E-state index contributed by atoms with van der Waals surface area (Å²) in [6, 6.07) is 14.1. The number of H-pyrrole nitrogens is 1. The second-order valence-electron chi connectivity index (χ2n) is 6.40. The van der Waals surface area contributed by atoms with Crippen LogP contribution in [0.3, 0.4) is 0 Å². The highest BCUT2D eigenvalue weighted by molar-refractivity contribution is 5.81. The molecule has 7 nitrogen and oxygen atoms in total. The highest BCUT2D eigenvalue weighted by Crippen LogP contribution is 2.21. The molecule has 7 heteroatoms. The van der Waals surface area contributed by atoms with E-state index in [0.717, 1.165) is 40.5 Å². The summed E-state index contributed by atoms with van der Waals surface area (Å²) in [5, 5.41) is 3.44. The standard InChI is InChI=1S/C20H21N5O2/c1-25(2)20-23-17-8-5-15(11-18(17)24-20)22-12-14-3-6-16(7-4-14)27-13-19-21-9-10-26-19/h3-11,22H,12-13H2,1-2H3,(H,23,24). The highest BCUT2D eigenvalue weighted by Gasteiger charge is 2.05. The number of anilines is 2. The van der Waals surface area contributed by atoms with Gasteiger partial charge in [0.15, 0.2) is 6.61 Å². The molecule has 0 saturated carbocycles. The molecule has 4 aromatic rings. The number of nitrogens with one attached hydrogen (secondary N) is 2. The first-order valence-electron chi connectivity index (χ1n) is 8.68. The van der Waals surface area contributed by atoms with Crippen molar-refractivity contribution in [1.29, 1.82) is 0 Å². The van der Waals surface area contributed by atoms with Crippen molar-refractivity contribution in [3.8, 4) is 5.75 Å². The van der Waals surface area contributed by atoms with E-state index < -0.39 is 0 Å². The number of imidazole rings is 1. The third-order valence-corrected chi connectivity index (χ3v) is 4.16. The Bertz CT molecular complexity index is 1010. The van der Waals surface area contributed by atoms with Crippen LogP contribution < -0.4 is 15.0 Å². The van der Waals surface area contributed by atoms with E-state index >= 15 is 0 Å². The molecule has 2 heterocycles. The number of nitrogens with zero attached hydrogens (tertiary/aromatic N) is 3. The highest BCUT2D eigenvalue weighted by atomic mass is 16.5. The quantitative estimate of drug-likeness (QED) is 0.520. The van der Waals surface area contributed by atoms with E-state index in [1.54, 1.807) is 6.20 Å². The van der Waals surface area contributed by atoms with Crippen molar-refractivity contribution in [1.82, 2.24) is 15.0 Å². The van der Waals surface area contributed by atoms with Gasteiger partial charge in [-0.3, -0.25) is 0 Å². The Morgan fingerprint density at radius 2 is 2.00 bits per heavy atom. The van der Waals surface area contributed by atoms with Crippen LogP contribution in [0.15, 0.2) is 59.3 Å². The number of hydrogen-bond acceptors (Lipinski definition) is 6. The van der Waals surface area contributed by atoms with Crippen LogP contribution >= 0.6 is 0 Å². The molecule has 2 N–H and O–H groups in total. The van der Waals surface area contributed by atoms with Gasteiger partial charge in [-0.25, -0.2) is 9.97 Å². The van der Waals surface area contributed by atoms with Crippen LogP contribution in [0.1, 0.15) is 11.5 Å². The molecule has 0 aliphatic rings. The summed E-state index contributed by atoms with van der Waals surface area (Å²) in [4.78, 5) is 13.8. The van der Waals surface area contributed by atoms with Crippen LogP contribution in [0, 0.1) is 0 Å². The summed E-state index contributed by atoms with van der Waals surface area (Å²) in [6.45, 7) is 1.05. The van der Waals surface area contributed by atoms with E-state index in [9.17, 15) is 0 Å². The Balaban J connectivity index is 1.36. The average molecular weight is 363 g/mol. The molecular weight excluding hydrogens is 342 g/mol. The van der Waals surface area contributed by atoms with Gasteiger partial charge in [0.2, 0.25) is 11.8 Å². The van der Waals surface area contributed by atoms with Crippen LogP contribution in [-0.2, 0) is 13.2 Å². The minimum atomic E-state index is 0.323. The number of fused-ring (bicyclic) bond motifs is 1. The third-order valence-electron chi connectivity index (χ3n) is 4.16. The Kier molecular flexibility index (Phi) is 4.65. The van der Waals surface area contributed by atoms with Gasteiger partial charge in [0, 0.05) is 26.3 Å². The van der Waals surface area contributed by atoms with Gasteiger partial charge in [0.05, 0.1) is 17.2 Å². The number of aromatic nitrogens is 3. The van der Waals surface area contributed by atoms with Crippen molar-refractivity contribution >= 4 is 22.7 Å². The van der Waals surface area contributed by atoms with Gasteiger partial charge in [-0.15, -0.1) is 0 Å². The van der Waals surface area contributed by atoms with Crippen LogP contribution in [0.2, 0.25) is 0 Å². The smallest absolute Gasteiger partial charge is 0.232 e. The monoisotopic (exact) mass is 363 g/mol. The van der Waals surface area contributed by atoms with E-state index in [-0.39, 0.29) is 0 Å². The molecule has 0 radical (unpaired) electrons.